The predicted molar refractivity (Wildman–Crippen MR) is 116 cm³/mol. The van der Waals surface area contributed by atoms with Crippen molar-refractivity contribution < 1.29 is 14.1 Å². The minimum atomic E-state index is -0.477. The Bertz CT molecular complexity index is 1420. The Labute approximate surface area is 180 Å². The molecule has 0 unspecified atom stereocenters. The van der Waals surface area contributed by atoms with Gasteiger partial charge in [-0.3, -0.25) is 10.1 Å². The van der Waals surface area contributed by atoms with Crippen LogP contribution < -0.4 is 4.74 Å². The van der Waals surface area contributed by atoms with Crippen LogP contribution in [0.1, 0.15) is 0 Å². The number of hydrogen-bond acceptors (Lipinski definition) is 8. The second-order valence-electron chi connectivity index (χ2n) is 6.59. The van der Waals surface area contributed by atoms with Gasteiger partial charge in [-0.05, 0) is 36.0 Å². The fourth-order valence-electron chi connectivity index (χ4n) is 3.33. The Morgan fingerprint density at radius 1 is 1.00 bits per heavy atom. The van der Waals surface area contributed by atoms with Gasteiger partial charge in [-0.1, -0.05) is 36.4 Å². The normalized spacial score (nSPS) is 11.1. The smallest absolute Gasteiger partial charge is 0.311 e. The minimum absolute atomic E-state index is 0.129. The molecule has 5 rings (SSSR count). The Hall–Kier alpha value is -3.98. The van der Waals surface area contributed by atoms with E-state index in [9.17, 15) is 10.1 Å². The van der Waals surface area contributed by atoms with Gasteiger partial charge >= 0.3 is 5.69 Å². The molecule has 0 spiro atoms. The van der Waals surface area contributed by atoms with Crippen LogP contribution in [0, 0.1) is 10.1 Å². The van der Waals surface area contributed by atoms with Crippen LogP contribution >= 0.6 is 11.8 Å². The van der Waals surface area contributed by atoms with Crippen molar-refractivity contribution in [3.63, 3.8) is 0 Å². The van der Waals surface area contributed by atoms with E-state index in [1.165, 1.54) is 24.9 Å². The molecule has 2 heterocycles. The minimum Gasteiger partial charge on any atom is -0.490 e. The lowest BCUT2D eigenvalue weighted by atomic mass is 10.0. The van der Waals surface area contributed by atoms with Gasteiger partial charge in [0.05, 0.1) is 12.0 Å². The van der Waals surface area contributed by atoms with E-state index in [0.717, 1.165) is 16.3 Å². The fraction of sp³-hybridized carbons (Fsp3) is 0.0455. The molecule has 9 heteroatoms. The largest absolute Gasteiger partial charge is 0.490 e. The molecule has 0 N–H and O–H groups in total. The van der Waals surface area contributed by atoms with Crippen LogP contribution in [0.4, 0.5) is 5.69 Å². The molecule has 8 nitrogen and oxygen atoms in total. The molecule has 0 aliphatic carbocycles. The third kappa shape index (κ3) is 3.44. The first-order valence-electron chi connectivity index (χ1n) is 9.25. The first kappa shape index (κ1) is 19.0. The van der Waals surface area contributed by atoms with Crippen molar-refractivity contribution in [2.24, 2.45) is 0 Å². The number of aromatic nitrogens is 3. The topological polar surface area (TPSA) is 104 Å². The van der Waals surface area contributed by atoms with E-state index in [1.807, 2.05) is 48.5 Å². The second-order valence-corrected chi connectivity index (χ2v) is 7.53. The van der Waals surface area contributed by atoms with E-state index >= 15 is 0 Å². The van der Waals surface area contributed by atoms with Crippen LogP contribution in [-0.4, -0.2) is 27.2 Å². The third-order valence-corrected chi connectivity index (χ3v) is 5.60. The van der Waals surface area contributed by atoms with Gasteiger partial charge in [0.15, 0.2) is 11.3 Å². The fourth-order valence-corrected chi connectivity index (χ4v) is 4.14. The number of oxazole rings is 1. The summed E-state index contributed by atoms with van der Waals surface area (Å²) in [5, 5.41) is 22.9. The standard InChI is InChI=1S/C22H14N4O4S/c1-29-19-11-10-13(12-17(19)26(27)28)20-14-6-2-3-7-15(14)21(25-24-20)31-22-23-16-8-4-5-9-18(16)30-22/h2-12H,1H3. The molecule has 0 aliphatic rings. The quantitative estimate of drug-likeness (QED) is 0.266. The van der Waals surface area contributed by atoms with Gasteiger partial charge in [0.2, 0.25) is 0 Å². The summed E-state index contributed by atoms with van der Waals surface area (Å²) in [6, 6.07) is 19.9. The molecule has 0 aliphatic heterocycles. The van der Waals surface area contributed by atoms with E-state index < -0.39 is 4.92 Å². The number of hydrogen-bond donors (Lipinski definition) is 0. The second kappa shape index (κ2) is 7.69. The predicted octanol–water partition coefficient (Wildman–Crippen LogP) is 5.51. The van der Waals surface area contributed by atoms with Crippen LogP contribution in [0.3, 0.4) is 0 Å². The summed E-state index contributed by atoms with van der Waals surface area (Å²) in [6.07, 6.45) is 0. The number of nitro groups is 1. The Morgan fingerprint density at radius 2 is 1.77 bits per heavy atom. The molecule has 3 aromatic carbocycles. The molecular weight excluding hydrogens is 416 g/mol. The molecular formula is C22H14N4O4S. The van der Waals surface area contributed by atoms with Gasteiger partial charge < -0.3 is 9.15 Å². The molecule has 0 fully saturated rings. The average molecular weight is 430 g/mol. The van der Waals surface area contributed by atoms with Gasteiger partial charge in [-0.25, -0.2) is 4.98 Å². The maximum Gasteiger partial charge on any atom is 0.311 e. The molecule has 0 radical (unpaired) electrons. The van der Waals surface area contributed by atoms with Crippen molar-refractivity contribution in [3.8, 4) is 17.0 Å². The van der Waals surface area contributed by atoms with Crippen molar-refractivity contribution >= 4 is 39.3 Å². The Kier molecular flexibility index (Phi) is 4.72. The summed E-state index contributed by atoms with van der Waals surface area (Å²) < 4.78 is 10.9. The highest BCUT2D eigenvalue weighted by atomic mass is 32.2. The number of benzene rings is 3. The van der Waals surface area contributed by atoms with E-state index in [2.05, 4.69) is 15.2 Å². The molecule has 5 aromatic rings. The van der Waals surface area contributed by atoms with Crippen LogP contribution in [0.2, 0.25) is 0 Å². The third-order valence-electron chi connectivity index (χ3n) is 4.76. The summed E-state index contributed by atoms with van der Waals surface area (Å²) in [7, 11) is 1.40. The summed E-state index contributed by atoms with van der Waals surface area (Å²) >= 11 is 1.28. The van der Waals surface area contributed by atoms with E-state index in [-0.39, 0.29) is 11.4 Å². The molecule has 0 saturated heterocycles. The number of rotatable bonds is 5. The van der Waals surface area contributed by atoms with E-state index in [1.54, 1.807) is 12.1 Å². The van der Waals surface area contributed by atoms with Gasteiger partial charge in [-0.2, -0.15) is 0 Å². The Morgan fingerprint density at radius 3 is 2.55 bits per heavy atom. The first-order valence-corrected chi connectivity index (χ1v) is 10.1. The van der Waals surface area contributed by atoms with E-state index in [0.29, 0.717) is 27.1 Å². The van der Waals surface area contributed by atoms with Crippen LogP contribution in [0.15, 0.2) is 81.4 Å². The van der Waals surface area contributed by atoms with Gasteiger partial charge in [0.1, 0.15) is 16.2 Å². The molecule has 31 heavy (non-hydrogen) atoms. The SMILES string of the molecule is COc1ccc(-c2nnc(Sc3nc4ccccc4o3)c3ccccc23)cc1[N+](=O)[O-]. The molecule has 152 valence electrons. The lowest BCUT2D eigenvalue weighted by Crippen LogP contribution is -1.97. The first-order chi connectivity index (χ1) is 15.1. The van der Waals surface area contributed by atoms with Gasteiger partial charge in [-0.15, -0.1) is 10.2 Å². The Balaban J connectivity index is 1.61. The monoisotopic (exact) mass is 430 g/mol. The van der Waals surface area contributed by atoms with Crippen molar-refractivity contribution in [1.29, 1.82) is 0 Å². The van der Waals surface area contributed by atoms with Crippen molar-refractivity contribution in [2.75, 3.05) is 7.11 Å². The van der Waals surface area contributed by atoms with Crippen LogP contribution in [0.25, 0.3) is 33.1 Å². The molecule has 0 bridgehead atoms. The van der Waals surface area contributed by atoms with Gasteiger partial charge in [0, 0.05) is 22.4 Å². The summed E-state index contributed by atoms with van der Waals surface area (Å²) in [5.74, 6) is 0.189. The molecule has 2 aromatic heterocycles. The number of para-hydroxylation sites is 2. The maximum atomic E-state index is 11.4. The highest BCUT2D eigenvalue weighted by molar-refractivity contribution is 7.99. The molecule has 0 atom stereocenters. The van der Waals surface area contributed by atoms with Gasteiger partial charge in [0.25, 0.3) is 5.22 Å². The lowest BCUT2D eigenvalue weighted by molar-refractivity contribution is -0.385. The summed E-state index contributed by atoms with van der Waals surface area (Å²) in [5.41, 5.74) is 2.46. The zero-order valence-electron chi connectivity index (χ0n) is 16.2. The highest BCUT2D eigenvalue weighted by Crippen LogP contribution is 2.38. The summed E-state index contributed by atoms with van der Waals surface area (Å²) in [4.78, 5) is 15.4. The van der Waals surface area contributed by atoms with Crippen molar-refractivity contribution in [1.82, 2.24) is 15.2 Å². The van der Waals surface area contributed by atoms with Crippen LogP contribution in [0.5, 0.6) is 5.75 Å². The molecule has 0 saturated carbocycles. The maximum absolute atomic E-state index is 11.4. The zero-order chi connectivity index (χ0) is 21.4. The zero-order valence-corrected chi connectivity index (χ0v) is 17.0. The number of ether oxygens (including phenoxy) is 1. The van der Waals surface area contributed by atoms with Crippen molar-refractivity contribution in [2.45, 2.75) is 10.2 Å². The number of nitrogens with zero attached hydrogens (tertiary/aromatic N) is 4. The highest BCUT2D eigenvalue weighted by Gasteiger charge is 2.19. The van der Waals surface area contributed by atoms with E-state index in [4.69, 9.17) is 9.15 Å². The van der Waals surface area contributed by atoms with Crippen LogP contribution in [-0.2, 0) is 0 Å². The molecule has 0 amide bonds. The number of methoxy groups -OCH3 is 1. The lowest BCUT2D eigenvalue weighted by Gasteiger charge is -2.09. The average Bonchev–Trinajstić information content (AvgIpc) is 3.21. The summed E-state index contributed by atoms with van der Waals surface area (Å²) in [6.45, 7) is 0. The van der Waals surface area contributed by atoms with Crippen molar-refractivity contribution in [3.05, 3.63) is 76.8 Å². The number of nitro benzene ring substituents is 1. The number of fused-ring (bicyclic) bond motifs is 2.